The molecule has 0 aliphatic carbocycles. The van der Waals surface area contributed by atoms with Crippen molar-refractivity contribution in [3.8, 4) is 0 Å². The molecule has 0 saturated carbocycles. The fourth-order valence-corrected chi connectivity index (χ4v) is 1.27. The highest BCUT2D eigenvalue weighted by Crippen LogP contribution is 2.03. The minimum atomic E-state index is -2.96. The second kappa shape index (κ2) is 3.61. The Morgan fingerprint density at radius 3 is 2.40 bits per heavy atom. The number of rotatable bonds is 3. The minimum Gasteiger partial charge on any atom is -0.393 e. The smallest absolute Gasteiger partial charge is 0.175 e. The summed E-state index contributed by atoms with van der Waals surface area (Å²) in [6.07, 6.45) is 1.48. The zero-order chi connectivity index (χ0) is 8.20. The van der Waals surface area contributed by atoms with Gasteiger partial charge in [0.1, 0.15) is 0 Å². The van der Waals surface area contributed by atoms with E-state index < -0.39 is 9.84 Å². The summed E-state index contributed by atoms with van der Waals surface area (Å²) >= 11 is 0. The van der Waals surface area contributed by atoms with Gasteiger partial charge in [0.15, 0.2) is 9.84 Å². The highest BCUT2D eigenvalue weighted by atomic mass is 32.2. The van der Waals surface area contributed by atoms with Gasteiger partial charge in [-0.25, -0.2) is 8.42 Å². The largest absolute Gasteiger partial charge is 0.393 e. The van der Waals surface area contributed by atoms with Gasteiger partial charge in [-0.15, -0.1) is 0 Å². The van der Waals surface area contributed by atoms with E-state index in [4.69, 9.17) is 0 Å². The zero-order valence-electron chi connectivity index (χ0n) is 6.51. The van der Waals surface area contributed by atoms with Crippen LogP contribution < -0.4 is 5.32 Å². The van der Waals surface area contributed by atoms with Crippen molar-refractivity contribution >= 4 is 9.84 Å². The van der Waals surface area contributed by atoms with Gasteiger partial charge in [-0.1, -0.05) is 6.92 Å². The van der Waals surface area contributed by atoms with E-state index in [2.05, 4.69) is 5.32 Å². The molecule has 0 unspecified atom stereocenters. The van der Waals surface area contributed by atoms with Crippen LogP contribution in [0.3, 0.4) is 0 Å². The minimum absolute atomic E-state index is 0.164. The standard InChI is InChI=1S/C6H13NO2S/c1-4-10(8,9)6(2)5-7-3/h5,7H,4H2,1-3H3/b6-5+. The first-order chi connectivity index (χ1) is 4.54. The summed E-state index contributed by atoms with van der Waals surface area (Å²) in [5.74, 6) is 0.164. The van der Waals surface area contributed by atoms with Gasteiger partial charge in [-0.05, 0) is 6.92 Å². The van der Waals surface area contributed by atoms with Crippen LogP contribution in [0, 0.1) is 0 Å². The molecular weight excluding hydrogens is 150 g/mol. The normalized spacial score (nSPS) is 13.3. The predicted molar refractivity (Wildman–Crippen MR) is 42.3 cm³/mol. The van der Waals surface area contributed by atoms with Crippen LogP contribution in [-0.4, -0.2) is 21.2 Å². The summed E-state index contributed by atoms with van der Waals surface area (Å²) in [7, 11) is -1.29. The molecule has 0 saturated heterocycles. The Morgan fingerprint density at radius 2 is 2.10 bits per heavy atom. The van der Waals surface area contributed by atoms with Crippen LogP contribution in [0.15, 0.2) is 11.1 Å². The van der Waals surface area contributed by atoms with Crippen molar-refractivity contribution in [3.63, 3.8) is 0 Å². The van der Waals surface area contributed by atoms with Gasteiger partial charge < -0.3 is 5.32 Å². The lowest BCUT2D eigenvalue weighted by molar-refractivity contribution is 0.603. The summed E-state index contributed by atoms with van der Waals surface area (Å²) < 4.78 is 22.0. The summed E-state index contributed by atoms with van der Waals surface area (Å²) in [6, 6.07) is 0. The van der Waals surface area contributed by atoms with Gasteiger partial charge in [0, 0.05) is 13.2 Å². The van der Waals surface area contributed by atoms with E-state index in [1.54, 1.807) is 20.9 Å². The maximum atomic E-state index is 11.0. The van der Waals surface area contributed by atoms with Gasteiger partial charge in [-0.2, -0.15) is 0 Å². The van der Waals surface area contributed by atoms with Gasteiger partial charge in [-0.3, -0.25) is 0 Å². The quantitative estimate of drug-likeness (QED) is 0.659. The van der Waals surface area contributed by atoms with Crippen molar-refractivity contribution < 1.29 is 8.42 Å². The zero-order valence-corrected chi connectivity index (χ0v) is 7.33. The number of sulfone groups is 1. The van der Waals surface area contributed by atoms with Crippen LogP contribution in [0.5, 0.6) is 0 Å². The molecule has 0 bridgehead atoms. The number of hydrogen-bond donors (Lipinski definition) is 1. The molecule has 0 atom stereocenters. The van der Waals surface area contributed by atoms with E-state index in [0.29, 0.717) is 4.91 Å². The first kappa shape index (κ1) is 9.49. The maximum Gasteiger partial charge on any atom is 0.175 e. The Morgan fingerprint density at radius 1 is 1.60 bits per heavy atom. The molecule has 0 aromatic heterocycles. The van der Waals surface area contributed by atoms with Crippen molar-refractivity contribution in [2.24, 2.45) is 0 Å². The highest BCUT2D eigenvalue weighted by molar-refractivity contribution is 7.95. The second-order valence-electron chi connectivity index (χ2n) is 1.95. The number of nitrogens with one attached hydrogen (secondary N) is 1. The van der Waals surface area contributed by atoms with Crippen molar-refractivity contribution in [2.45, 2.75) is 13.8 Å². The van der Waals surface area contributed by atoms with Gasteiger partial charge in [0.05, 0.1) is 10.7 Å². The third-order valence-electron chi connectivity index (χ3n) is 1.22. The van der Waals surface area contributed by atoms with Crippen molar-refractivity contribution in [1.29, 1.82) is 0 Å². The molecule has 0 spiro atoms. The van der Waals surface area contributed by atoms with E-state index in [1.165, 1.54) is 6.20 Å². The van der Waals surface area contributed by atoms with Crippen molar-refractivity contribution in [1.82, 2.24) is 5.32 Å². The lowest BCUT2D eigenvalue weighted by Gasteiger charge is -1.98. The van der Waals surface area contributed by atoms with Crippen LogP contribution in [-0.2, 0) is 9.84 Å². The summed E-state index contributed by atoms with van der Waals surface area (Å²) in [4.78, 5) is 0.387. The first-order valence-corrected chi connectivity index (χ1v) is 4.76. The van der Waals surface area contributed by atoms with Gasteiger partial charge in [0.25, 0.3) is 0 Å². The van der Waals surface area contributed by atoms with Crippen LogP contribution in [0.4, 0.5) is 0 Å². The Balaban J connectivity index is 4.50. The molecule has 0 aliphatic heterocycles. The van der Waals surface area contributed by atoms with E-state index in [-0.39, 0.29) is 5.75 Å². The molecule has 0 fully saturated rings. The molecule has 0 amide bonds. The molecule has 0 rings (SSSR count). The lowest BCUT2D eigenvalue weighted by atomic mass is 10.7. The molecule has 0 aromatic carbocycles. The number of hydrogen-bond acceptors (Lipinski definition) is 3. The van der Waals surface area contributed by atoms with Crippen LogP contribution in [0.1, 0.15) is 13.8 Å². The molecule has 10 heavy (non-hydrogen) atoms. The van der Waals surface area contributed by atoms with Crippen molar-refractivity contribution in [2.75, 3.05) is 12.8 Å². The molecule has 0 radical (unpaired) electrons. The Labute approximate surface area is 62.0 Å². The average Bonchev–Trinajstić information content (AvgIpc) is 1.89. The monoisotopic (exact) mass is 163 g/mol. The van der Waals surface area contributed by atoms with E-state index in [9.17, 15) is 8.42 Å². The molecule has 0 aromatic rings. The van der Waals surface area contributed by atoms with Gasteiger partial charge >= 0.3 is 0 Å². The third-order valence-corrected chi connectivity index (χ3v) is 3.08. The maximum absolute atomic E-state index is 11.0. The van der Waals surface area contributed by atoms with E-state index in [1.807, 2.05) is 0 Å². The highest BCUT2D eigenvalue weighted by Gasteiger charge is 2.08. The number of allylic oxidation sites excluding steroid dienone is 1. The average molecular weight is 163 g/mol. The molecule has 0 heterocycles. The van der Waals surface area contributed by atoms with Gasteiger partial charge in [0.2, 0.25) is 0 Å². The summed E-state index contributed by atoms with van der Waals surface area (Å²) in [5, 5.41) is 2.67. The second-order valence-corrected chi connectivity index (χ2v) is 4.40. The lowest BCUT2D eigenvalue weighted by Crippen LogP contribution is -2.07. The summed E-state index contributed by atoms with van der Waals surface area (Å²) in [5.41, 5.74) is 0. The fourth-order valence-electron chi connectivity index (χ4n) is 0.521. The van der Waals surface area contributed by atoms with Crippen LogP contribution >= 0.6 is 0 Å². The summed E-state index contributed by atoms with van der Waals surface area (Å²) in [6.45, 7) is 3.21. The van der Waals surface area contributed by atoms with E-state index in [0.717, 1.165) is 0 Å². The predicted octanol–water partition coefficient (Wildman–Crippen LogP) is 0.502. The molecule has 1 N–H and O–H groups in total. The topological polar surface area (TPSA) is 46.2 Å². The Hall–Kier alpha value is -0.510. The van der Waals surface area contributed by atoms with Crippen LogP contribution in [0.25, 0.3) is 0 Å². The molecule has 3 nitrogen and oxygen atoms in total. The molecule has 60 valence electrons. The first-order valence-electron chi connectivity index (χ1n) is 3.11. The fraction of sp³-hybridized carbons (Fsp3) is 0.667. The van der Waals surface area contributed by atoms with Crippen LogP contribution in [0.2, 0.25) is 0 Å². The third kappa shape index (κ3) is 2.39. The Bertz CT molecular complexity index is 216. The molecular formula is C6H13NO2S. The molecule has 4 heteroatoms. The van der Waals surface area contributed by atoms with E-state index >= 15 is 0 Å². The Kier molecular flexibility index (Phi) is 3.42. The SMILES string of the molecule is CCS(=O)(=O)/C(C)=C/NC. The molecule has 0 aliphatic rings. The van der Waals surface area contributed by atoms with Crippen molar-refractivity contribution in [3.05, 3.63) is 11.1 Å².